The first-order valence-corrected chi connectivity index (χ1v) is 7.40. The summed E-state index contributed by atoms with van der Waals surface area (Å²) in [7, 11) is 0. The molecule has 1 fully saturated rings. The average Bonchev–Trinajstić information content (AvgIpc) is 3.31. The average molecular weight is 270 g/mol. The number of nitrogen functional groups attached to an aromatic ring is 1. The molecule has 1 saturated carbocycles. The van der Waals surface area contributed by atoms with Crippen LogP contribution in [0.25, 0.3) is 10.9 Å². The number of pyridine rings is 1. The lowest BCUT2D eigenvalue weighted by atomic mass is 10.1. The number of nitrogens with two attached hydrogens (primary N) is 1. The molecule has 1 aromatic heterocycles. The zero-order valence-corrected chi connectivity index (χ0v) is 12.0. The van der Waals surface area contributed by atoms with Crippen molar-refractivity contribution in [1.29, 1.82) is 0 Å². The summed E-state index contributed by atoms with van der Waals surface area (Å²) < 4.78 is 0. The summed E-state index contributed by atoms with van der Waals surface area (Å²) in [6.07, 6.45) is 4.51. The van der Waals surface area contributed by atoms with E-state index in [1.807, 2.05) is 18.2 Å². The van der Waals surface area contributed by atoms with Crippen LogP contribution in [-0.2, 0) is 0 Å². The van der Waals surface area contributed by atoms with E-state index in [1.165, 1.54) is 12.8 Å². The molecule has 0 unspecified atom stereocenters. The Labute approximate surface area is 120 Å². The highest BCUT2D eigenvalue weighted by molar-refractivity contribution is 5.98. The molecule has 0 radical (unpaired) electrons. The normalized spacial score (nSPS) is 14.9. The van der Waals surface area contributed by atoms with E-state index in [2.05, 4.69) is 28.2 Å². The predicted molar refractivity (Wildman–Crippen MR) is 84.9 cm³/mol. The zero-order valence-electron chi connectivity index (χ0n) is 12.0. The molecular weight excluding hydrogens is 248 g/mol. The monoisotopic (exact) mass is 270 g/mol. The Morgan fingerprint density at radius 1 is 1.35 bits per heavy atom. The third-order valence-corrected chi connectivity index (χ3v) is 3.98. The molecule has 106 valence electrons. The second-order valence-electron chi connectivity index (χ2n) is 5.39. The third-order valence-electron chi connectivity index (χ3n) is 3.98. The minimum atomic E-state index is 0.735. The molecule has 1 aromatic carbocycles. The van der Waals surface area contributed by atoms with Gasteiger partial charge in [0.05, 0.1) is 11.2 Å². The highest BCUT2D eigenvalue weighted by Crippen LogP contribution is 2.27. The zero-order chi connectivity index (χ0) is 13.9. The van der Waals surface area contributed by atoms with Gasteiger partial charge >= 0.3 is 0 Å². The van der Waals surface area contributed by atoms with Gasteiger partial charge in [-0.2, -0.15) is 0 Å². The Morgan fingerprint density at radius 2 is 2.20 bits per heavy atom. The smallest absolute Gasteiger partial charge is 0.0951 e. The highest BCUT2D eigenvalue weighted by Gasteiger charge is 2.27. The SMILES string of the molecule is CCN(CCNc1ccc(N)c2ncccc12)C1CC1. The number of hydrogen-bond donors (Lipinski definition) is 2. The Hall–Kier alpha value is -1.81. The summed E-state index contributed by atoms with van der Waals surface area (Å²) in [6.45, 7) is 5.42. The van der Waals surface area contributed by atoms with Gasteiger partial charge in [0.2, 0.25) is 0 Å². The first kappa shape index (κ1) is 13.2. The maximum absolute atomic E-state index is 5.97. The molecule has 0 saturated heterocycles. The summed E-state index contributed by atoms with van der Waals surface area (Å²) in [6, 6.07) is 8.82. The van der Waals surface area contributed by atoms with Crippen molar-refractivity contribution < 1.29 is 0 Å². The van der Waals surface area contributed by atoms with Crippen LogP contribution in [0.3, 0.4) is 0 Å². The fraction of sp³-hybridized carbons (Fsp3) is 0.438. The topological polar surface area (TPSA) is 54.2 Å². The molecule has 4 heteroatoms. The molecule has 0 amide bonds. The fourth-order valence-electron chi connectivity index (χ4n) is 2.72. The quantitative estimate of drug-likeness (QED) is 0.792. The van der Waals surface area contributed by atoms with E-state index >= 15 is 0 Å². The van der Waals surface area contributed by atoms with Crippen LogP contribution in [0.15, 0.2) is 30.5 Å². The maximum atomic E-state index is 5.97. The van der Waals surface area contributed by atoms with E-state index in [9.17, 15) is 0 Å². The molecule has 20 heavy (non-hydrogen) atoms. The maximum Gasteiger partial charge on any atom is 0.0951 e. The van der Waals surface area contributed by atoms with Crippen LogP contribution in [0.5, 0.6) is 0 Å². The molecule has 1 aliphatic carbocycles. The Kier molecular flexibility index (Phi) is 3.74. The second-order valence-corrected chi connectivity index (χ2v) is 5.39. The number of anilines is 2. The lowest BCUT2D eigenvalue weighted by molar-refractivity contribution is 0.289. The molecule has 0 bridgehead atoms. The number of nitrogens with zero attached hydrogens (tertiary/aromatic N) is 2. The Morgan fingerprint density at radius 3 is 2.95 bits per heavy atom. The van der Waals surface area contributed by atoms with E-state index in [-0.39, 0.29) is 0 Å². The van der Waals surface area contributed by atoms with Crippen LogP contribution in [0, 0.1) is 0 Å². The van der Waals surface area contributed by atoms with Crippen LogP contribution >= 0.6 is 0 Å². The lowest BCUT2D eigenvalue weighted by Gasteiger charge is -2.20. The van der Waals surface area contributed by atoms with Gasteiger partial charge in [0.1, 0.15) is 0 Å². The Balaban J connectivity index is 1.69. The minimum absolute atomic E-state index is 0.735. The summed E-state index contributed by atoms with van der Waals surface area (Å²) >= 11 is 0. The van der Waals surface area contributed by atoms with Crippen molar-refractivity contribution in [3.05, 3.63) is 30.5 Å². The van der Waals surface area contributed by atoms with Gasteiger partial charge in [-0.1, -0.05) is 6.92 Å². The number of rotatable bonds is 6. The third kappa shape index (κ3) is 2.70. The van der Waals surface area contributed by atoms with Gasteiger partial charge in [-0.3, -0.25) is 9.88 Å². The number of benzene rings is 1. The van der Waals surface area contributed by atoms with Crippen LogP contribution < -0.4 is 11.1 Å². The van der Waals surface area contributed by atoms with E-state index in [1.54, 1.807) is 6.20 Å². The van der Waals surface area contributed by atoms with Gasteiger partial charge in [0.25, 0.3) is 0 Å². The summed E-state index contributed by atoms with van der Waals surface area (Å²) in [5, 5.41) is 4.62. The van der Waals surface area contributed by atoms with E-state index in [0.29, 0.717) is 0 Å². The van der Waals surface area contributed by atoms with Crippen LogP contribution in [0.2, 0.25) is 0 Å². The van der Waals surface area contributed by atoms with Crippen molar-refractivity contribution in [3.8, 4) is 0 Å². The molecule has 2 aromatic rings. The summed E-state index contributed by atoms with van der Waals surface area (Å²) in [4.78, 5) is 6.91. The molecule has 0 aliphatic heterocycles. The number of aromatic nitrogens is 1. The van der Waals surface area contributed by atoms with Crippen molar-refractivity contribution in [3.63, 3.8) is 0 Å². The van der Waals surface area contributed by atoms with Crippen LogP contribution in [0.4, 0.5) is 11.4 Å². The Bertz CT molecular complexity index is 592. The molecule has 0 atom stereocenters. The highest BCUT2D eigenvalue weighted by atomic mass is 15.2. The molecule has 4 nitrogen and oxygen atoms in total. The predicted octanol–water partition coefficient (Wildman–Crippen LogP) is 2.71. The molecular formula is C16H22N4. The van der Waals surface area contributed by atoms with Crippen molar-refractivity contribution in [2.75, 3.05) is 30.7 Å². The lowest BCUT2D eigenvalue weighted by Crippen LogP contribution is -2.30. The minimum Gasteiger partial charge on any atom is -0.397 e. The van der Waals surface area contributed by atoms with Gasteiger partial charge in [-0.15, -0.1) is 0 Å². The number of hydrogen-bond acceptors (Lipinski definition) is 4. The van der Waals surface area contributed by atoms with Crippen molar-refractivity contribution >= 4 is 22.3 Å². The summed E-state index contributed by atoms with van der Waals surface area (Å²) in [5.41, 5.74) is 8.71. The molecule has 1 aliphatic rings. The van der Waals surface area contributed by atoms with Gasteiger partial charge in [-0.25, -0.2) is 0 Å². The first-order valence-electron chi connectivity index (χ1n) is 7.40. The number of likely N-dealkylation sites (N-methyl/N-ethyl adjacent to an activating group) is 1. The van der Waals surface area contributed by atoms with Gasteiger partial charge < -0.3 is 11.1 Å². The largest absolute Gasteiger partial charge is 0.397 e. The standard InChI is InChI=1S/C16H22N4/c1-2-20(12-5-6-12)11-10-18-15-8-7-14(17)16-13(15)4-3-9-19-16/h3-4,7-9,12,18H,2,5-6,10-11,17H2,1H3. The number of fused-ring (bicyclic) bond motifs is 1. The van der Waals surface area contributed by atoms with Gasteiger partial charge in [0.15, 0.2) is 0 Å². The van der Waals surface area contributed by atoms with E-state index < -0.39 is 0 Å². The molecule has 3 N–H and O–H groups in total. The van der Waals surface area contributed by atoms with Crippen LogP contribution in [-0.4, -0.2) is 35.6 Å². The van der Waals surface area contributed by atoms with Crippen molar-refractivity contribution in [2.24, 2.45) is 0 Å². The summed E-state index contributed by atoms with van der Waals surface area (Å²) in [5.74, 6) is 0. The number of nitrogens with one attached hydrogen (secondary N) is 1. The first-order chi connectivity index (χ1) is 9.79. The van der Waals surface area contributed by atoms with Crippen molar-refractivity contribution in [1.82, 2.24) is 9.88 Å². The van der Waals surface area contributed by atoms with Crippen molar-refractivity contribution in [2.45, 2.75) is 25.8 Å². The van der Waals surface area contributed by atoms with Gasteiger partial charge in [-0.05, 0) is 43.7 Å². The molecule has 0 spiro atoms. The second kappa shape index (κ2) is 5.67. The van der Waals surface area contributed by atoms with Crippen LogP contribution in [0.1, 0.15) is 19.8 Å². The van der Waals surface area contributed by atoms with E-state index in [0.717, 1.165) is 48.0 Å². The van der Waals surface area contributed by atoms with E-state index in [4.69, 9.17) is 5.73 Å². The fourth-order valence-corrected chi connectivity index (χ4v) is 2.72. The molecule has 1 heterocycles. The molecule has 3 rings (SSSR count). The van der Waals surface area contributed by atoms with Gasteiger partial charge in [0, 0.05) is 36.4 Å².